The molecule has 194 valence electrons. The number of likely N-dealkylation sites (N-methyl/N-ethyl adjacent to an activating group) is 1. The molecule has 3 fully saturated rings. The minimum Gasteiger partial charge on any atom is -0.370 e. The van der Waals surface area contributed by atoms with Crippen LogP contribution in [0.15, 0.2) is 36.4 Å². The largest absolute Gasteiger partial charge is 0.370 e. The Hall–Kier alpha value is -3.66. The van der Waals surface area contributed by atoms with Gasteiger partial charge in [0.15, 0.2) is 0 Å². The molecule has 2 unspecified atom stereocenters. The molecule has 0 aliphatic carbocycles. The second-order valence-corrected chi connectivity index (χ2v) is 10.4. The van der Waals surface area contributed by atoms with E-state index in [9.17, 15) is 18.4 Å². The number of aromatic amines is 1. The van der Waals surface area contributed by atoms with Gasteiger partial charge in [0.05, 0.1) is 11.6 Å². The van der Waals surface area contributed by atoms with E-state index in [-0.39, 0.29) is 17.8 Å². The van der Waals surface area contributed by atoms with Crippen LogP contribution in [0.1, 0.15) is 22.5 Å². The number of fused-ring (bicyclic) bond motifs is 2. The highest BCUT2D eigenvalue weighted by Crippen LogP contribution is 2.30. The van der Waals surface area contributed by atoms with Crippen molar-refractivity contribution in [1.29, 1.82) is 0 Å². The zero-order valence-electron chi connectivity index (χ0n) is 20.9. The van der Waals surface area contributed by atoms with Crippen molar-refractivity contribution in [3.8, 4) is 0 Å². The SMILES string of the molecule is Cc1ccc(F)c2cc(C(=O)Nc3cc(F)cc(N4CCC(N5CCN6C(=O)N(C)CC6C5)C4)c3)[nH]c12. The molecule has 0 radical (unpaired) electrons. The molecular formula is C27H30F2N6O2. The molecule has 10 heteroatoms. The number of anilines is 2. The number of urea groups is 1. The number of aryl methyl sites for hydroxylation is 1. The van der Waals surface area contributed by atoms with E-state index in [0.717, 1.165) is 51.3 Å². The topological polar surface area (TPSA) is 74.9 Å². The quantitative estimate of drug-likeness (QED) is 0.565. The normalized spacial score (nSPS) is 22.3. The van der Waals surface area contributed by atoms with Gasteiger partial charge in [-0.2, -0.15) is 0 Å². The van der Waals surface area contributed by atoms with Gasteiger partial charge in [-0.1, -0.05) is 6.07 Å². The van der Waals surface area contributed by atoms with Gasteiger partial charge < -0.3 is 25.0 Å². The number of halogens is 2. The second kappa shape index (κ2) is 9.02. The minimum atomic E-state index is -0.459. The summed E-state index contributed by atoms with van der Waals surface area (Å²) < 4.78 is 28.8. The molecule has 3 aliphatic heterocycles. The zero-order valence-corrected chi connectivity index (χ0v) is 20.9. The maximum atomic E-state index is 14.6. The summed E-state index contributed by atoms with van der Waals surface area (Å²) in [6.45, 7) is 6.56. The summed E-state index contributed by atoms with van der Waals surface area (Å²) in [6.07, 6.45) is 0.953. The lowest BCUT2D eigenvalue weighted by atomic mass is 10.1. The molecule has 2 aromatic carbocycles. The molecule has 3 amide bonds. The molecule has 0 spiro atoms. The molecule has 0 saturated carbocycles. The zero-order chi connectivity index (χ0) is 25.8. The summed E-state index contributed by atoms with van der Waals surface area (Å²) in [6, 6.07) is 9.73. The highest BCUT2D eigenvalue weighted by molar-refractivity contribution is 6.06. The van der Waals surface area contributed by atoms with Gasteiger partial charge >= 0.3 is 6.03 Å². The molecule has 2 atom stereocenters. The Morgan fingerprint density at radius 2 is 1.86 bits per heavy atom. The fraction of sp³-hybridized carbons (Fsp3) is 0.407. The van der Waals surface area contributed by atoms with Crippen LogP contribution >= 0.6 is 0 Å². The van der Waals surface area contributed by atoms with Gasteiger partial charge in [-0.15, -0.1) is 0 Å². The minimum absolute atomic E-state index is 0.111. The first-order chi connectivity index (χ1) is 17.8. The lowest BCUT2D eigenvalue weighted by molar-refractivity contribution is 0.0947. The Morgan fingerprint density at radius 1 is 1.03 bits per heavy atom. The first kappa shape index (κ1) is 23.7. The smallest absolute Gasteiger partial charge is 0.320 e. The first-order valence-electron chi connectivity index (χ1n) is 12.7. The Labute approximate surface area is 213 Å². The highest BCUT2D eigenvalue weighted by Gasteiger charge is 2.41. The number of aromatic nitrogens is 1. The Bertz CT molecular complexity index is 1350. The number of H-pyrrole nitrogens is 1. The monoisotopic (exact) mass is 508 g/mol. The summed E-state index contributed by atoms with van der Waals surface area (Å²) in [4.78, 5) is 36.5. The maximum Gasteiger partial charge on any atom is 0.320 e. The average molecular weight is 509 g/mol. The lowest BCUT2D eigenvalue weighted by Gasteiger charge is -2.39. The average Bonchev–Trinajstić information content (AvgIpc) is 3.60. The van der Waals surface area contributed by atoms with Crippen molar-refractivity contribution in [3.63, 3.8) is 0 Å². The lowest BCUT2D eigenvalue weighted by Crippen LogP contribution is -2.55. The molecule has 6 rings (SSSR count). The predicted octanol–water partition coefficient (Wildman–Crippen LogP) is 3.64. The van der Waals surface area contributed by atoms with E-state index in [1.807, 2.05) is 18.9 Å². The van der Waals surface area contributed by atoms with E-state index >= 15 is 0 Å². The van der Waals surface area contributed by atoms with Crippen LogP contribution in [0.2, 0.25) is 0 Å². The van der Waals surface area contributed by atoms with Crippen molar-refractivity contribution in [2.24, 2.45) is 0 Å². The first-order valence-corrected chi connectivity index (χ1v) is 12.7. The summed E-state index contributed by atoms with van der Waals surface area (Å²) in [5.41, 5.74) is 2.68. The Kier molecular flexibility index (Phi) is 5.78. The molecule has 1 aromatic heterocycles. The number of hydrogen-bond donors (Lipinski definition) is 2. The van der Waals surface area contributed by atoms with Crippen LogP contribution in [-0.4, -0.2) is 90.0 Å². The van der Waals surface area contributed by atoms with Gasteiger partial charge in [0.2, 0.25) is 0 Å². The van der Waals surface area contributed by atoms with Gasteiger partial charge in [-0.05, 0) is 49.2 Å². The summed E-state index contributed by atoms with van der Waals surface area (Å²) in [5.74, 6) is -1.30. The molecule has 0 bridgehead atoms. The van der Waals surface area contributed by atoms with E-state index in [1.165, 1.54) is 24.3 Å². The van der Waals surface area contributed by atoms with Gasteiger partial charge in [0, 0.05) is 69.1 Å². The number of nitrogens with one attached hydrogen (secondary N) is 2. The van der Waals surface area contributed by atoms with E-state index in [0.29, 0.717) is 28.3 Å². The van der Waals surface area contributed by atoms with Crippen LogP contribution in [0.25, 0.3) is 10.9 Å². The Morgan fingerprint density at radius 3 is 2.68 bits per heavy atom. The number of carbonyl (C=O) groups excluding carboxylic acids is 2. The fourth-order valence-electron chi connectivity index (χ4n) is 5.98. The standard InChI is InChI=1S/C27H30F2N6O2/c1-16-3-4-23(29)22-12-24(31-25(16)22)26(36)30-18-9-17(28)10-20(11-18)33-6-5-19(14-33)34-7-8-35-21(15-34)13-32(2)27(35)37/h3-4,9-12,19,21,31H,5-8,13-15H2,1-2H3,(H,30,36). The Balaban J connectivity index is 1.14. The summed E-state index contributed by atoms with van der Waals surface area (Å²) >= 11 is 0. The number of benzene rings is 2. The van der Waals surface area contributed by atoms with Crippen LogP contribution in [0.4, 0.5) is 25.0 Å². The van der Waals surface area contributed by atoms with E-state index in [4.69, 9.17) is 0 Å². The molecular weight excluding hydrogens is 478 g/mol. The molecule has 2 N–H and O–H groups in total. The number of hydrogen-bond acceptors (Lipinski definition) is 4. The van der Waals surface area contributed by atoms with Crippen LogP contribution < -0.4 is 10.2 Å². The molecule has 3 saturated heterocycles. The number of piperazine rings is 1. The van der Waals surface area contributed by atoms with Crippen LogP contribution in [0.3, 0.4) is 0 Å². The van der Waals surface area contributed by atoms with Crippen molar-refractivity contribution >= 4 is 34.2 Å². The predicted molar refractivity (Wildman–Crippen MR) is 138 cm³/mol. The van der Waals surface area contributed by atoms with Crippen molar-refractivity contribution in [1.82, 2.24) is 19.7 Å². The molecule has 3 aromatic rings. The fourth-order valence-corrected chi connectivity index (χ4v) is 5.98. The summed E-state index contributed by atoms with van der Waals surface area (Å²) in [7, 11) is 1.85. The number of nitrogens with zero attached hydrogens (tertiary/aromatic N) is 4. The maximum absolute atomic E-state index is 14.6. The third-order valence-electron chi connectivity index (χ3n) is 7.95. The van der Waals surface area contributed by atoms with E-state index in [2.05, 4.69) is 20.1 Å². The van der Waals surface area contributed by atoms with Crippen molar-refractivity contribution in [2.75, 3.05) is 56.5 Å². The van der Waals surface area contributed by atoms with Crippen LogP contribution in [0, 0.1) is 18.6 Å². The number of rotatable bonds is 4. The van der Waals surface area contributed by atoms with Gasteiger partial charge in [0.25, 0.3) is 5.91 Å². The van der Waals surface area contributed by atoms with E-state index < -0.39 is 17.5 Å². The van der Waals surface area contributed by atoms with Gasteiger partial charge in [-0.25, -0.2) is 13.6 Å². The van der Waals surface area contributed by atoms with Crippen molar-refractivity contribution in [2.45, 2.75) is 25.4 Å². The summed E-state index contributed by atoms with van der Waals surface area (Å²) in [5, 5.41) is 3.11. The van der Waals surface area contributed by atoms with Gasteiger partial charge in [0.1, 0.15) is 17.3 Å². The van der Waals surface area contributed by atoms with E-state index in [1.54, 1.807) is 17.0 Å². The number of amides is 3. The highest BCUT2D eigenvalue weighted by atomic mass is 19.1. The van der Waals surface area contributed by atoms with Crippen LogP contribution in [-0.2, 0) is 0 Å². The van der Waals surface area contributed by atoms with Crippen molar-refractivity contribution < 1.29 is 18.4 Å². The molecule has 8 nitrogen and oxygen atoms in total. The molecule has 37 heavy (non-hydrogen) atoms. The molecule has 4 heterocycles. The second-order valence-electron chi connectivity index (χ2n) is 10.4. The molecule has 3 aliphatic rings. The third kappa shape index (κ3) is 4.29. The third-order valence-corrected chi connectivity index (χ3v) is 7.95. The van der Waals surface area contributed by atoms with Gasteiger partial charge in [-0.3, -0.25) is 9.69 Å². The number of carbonyl (C=O) groups is 2. The van der Waals surface area contributed by atoms with Crippen molar-refractivity contribution in [3.05, 3.63) is 59.3 Å². The van der Waals surface area contributed by atoms with Crippen LogP contribution in [0.5, 0.6) is 0 Å².